The number of thioether (sulfide) groups is 1. The molecule has 6 amide bonds. The summed E-state index contributed by atoms with van der Waals surface area (Å²) in [6, 6.07) is 0.310. The zero-order valence-corrected chi connectivity index (χ0v) is 30.7. The smallest absolute Gasteiger partial charge is 0.404 e. The second-order valence-electron chi connectivity index (χ2n) is 13.2. The Hall–Kier alpha value is -3.66. The van der Waals surface area contributed by atoms with Gasteiger partial charge in [0.1, 0.15) is 36.0 Å². The van der Waals surface area contributed by atoms with E-state index in [1.165, 1.54) is 40.9 Å². The maximum Gasteiger partial charge on any atom is 0.524 e. The third-order valence-corrected chi connectivity index (χ3v) is 9.41. The van der Waals surface area contributed by atoms with Crippen LogP contribution in [0.2, 0.25) is 0 Å². The normalized spacial score (nSPS) is 24.8. The summed E-state index contributed by atoms with van der Waals surface area (Å²) in [7, 11) is -4.80. The van der Waals surface area contributed by atoms with Crippen molar-refractivity contribution >= 4 is 55.0 Å². The van der Waals surface area contributed by atoms with Gasteiger partial charge in [-0.25, -0.2) is 4.57 Å². The topological polar surface area (TPSA) is 233 Å². The first-order valence-corrected chi connectivity index (χ1v) is 19.5. The van der Waals surface area contributed by atoms with Gasteiger partial charge in [0.25, 0.3) is 0 Å². The van der Waals surface area contributed by atoms with Crippen molar-refractivity contribution in [3.8, 4) is 5.75 Å². The third-order valence-electron chi connectivity index (χ3n) is 8.32. The summed E-state index contributed by atoms with van der Waals surface area (Å²) in [5, 5.41) is 13.4. The van der Waals surface area contributed by atoms with Crippen LogP contribution in [0.5, 0.6) is 5.75 Å². The van der Waals surface area contributed by atoms with Crippen LogP contribution in [0.25, 0.3) is 0 Å². The zero-order valence-electron chi connectivity index (χ0n) is 29.0. The van der Waals surface area contributed by atoms with Crippen LogP contribution >= 0.6 is 19.6 Å². The lowest BCUT2D eigenvalue weighted by molar-refractivity contribution is -0.143. The number of hydrogen-bond acceptors (Lipinski definition) is 9. The van der Waals surface area contributed by atoms with Crippen LogP contribution in [0.4, 0.5) is 0 Å². The molecule has 0 bridgehead atoms. The molecule has 2 saturated heterocycles. The molecule has 0 spiro atoms. The van der Waals surface area contributed by atoms with Crippen molar-refractivity contribution in [3.63, 3.8) is 0 Å². The third kappa shape index (κ3) is 12.3. The molecular formula is C32H49N6O10PS. The average molecular weight is 741 g/mol. The summed E-state index contributed by atoms with van der Waals surface area (Å²) in [6.45, 7) is 6.94. The van der Waals surface area contributed by atoms with Gasteiger partial charge >= 0.3 is 7.82 Å². The van der Waals surface area contributed by atoms with Crippen LogP contribution in [0, 0.1) is 11.8 Å². The fraction of sp³-hybridized carbons (Fsp3) is 0.625. The number of nitrogens with one attached hydrogen (secondary N) is 5. The Labute approximate surface area is 296 Å². The summed E-state index contributed by atoms with van der Waals surface area (Å²) >= 11 is 1.49. The Kier molecular flexibility index (Phi) is 15.1. The number of rotatable bonds is 10. The number of phosphoric ester groups is 1. The molecule has 0 saturated carbocycles. The largest absolute Gasteiger partial charge is 0.524 e. The van der Waals surface area contributed by atoms with Crippen LogP contribution in [0.1, 0.15) is 58.9 Å². The number of hydrogen-bond donors (Lipinski definition) is 7. The molecule has 278 valence electrons. The summed E-state index contributed by atoms with van der Waals surface area (Å²) < 4.78 is 15.8. The van der Waals surface area contributed by atoms with Crippen LogP contribution in [-0.4, -0.2) is 105 Å². The van der Waals surface area contributed by atoms with Crippen LogP contribution in [-0.2, 0) is 39.8 Å². The van der Waals surface area contributed by atoms with Crippen molar-refractivity contribution in [1.29, 1.82) is 0 Å². The van der Waals surface area contributed by atoms with E-state index in [0.717, 1.165) is 0 Å². The molecule has 16 nitrogen and oxygen atoms in total. The predicted octanol–water partition coefficient (Wildman–Crippen LogP) is 0.216. The van der Waals surface area contributed by atoms with Crippen molar-refractivity contribution in [3.05, 3.63) is 29.8 Å². The van der Waals surface area contributed by atoms with Gasteiger partial charge in [0.05, 0.1) is 6.54 Å². The highest BCUT2D eigenvalue weighted by atomic mass is 32.2. The lowest BCUT2D eigenvalue weighted by atomic mass is 9.99. The number of carbonyl (C=O) groups excluding carboxylic acids is 6. The molecule has 0 unspecified atom stereocenters. The summed E-state index contributed by atoms with van der Waals surface area (Å²) in [5.41, 5.74) is 0.481. The van der Waals surface area contributed by atoms with E-state index in [0.29, 0.717) is 24.2 Å². The number of carbonyl (C=O) groups is 6. The Bertz CT molecular complexity index is 1440. The minimum absolute atomic E-state index is 0.0181. The first-order chi connectivity index (χ1) is 23.5. The fourth-order valence-electron chi connectivity index (χ4n) is 5.80. The fourth-order valence-corrected chi connectivity index (χ4v) is 6.67. The van der Waals surface area contributed by atoms with E-state index in [9.17, 15) is 33.3 Å². The molecule has 0 aliphatic carbocycles. The standard InChI is InChI=1S/C32H49N6O10PS/c1-18(2)15-23-28(40)33-17-26(39)34-24(16-20-8-10-21(11-9-20)48-49(45,46)47)30(42)37-27(19(3)4)32(44)38-13-6-7-25(38)31(43)35-22(12-14-50-5)29(41)36-23/h8-11,18-19,22-25,27H,6-7,12-17H2,1-5H3,(H,33,40)(H,34,39)(H,35,43)(H,36,41)(H,37,42)(H2,45,46,47)/t22-,23+,24+,25-,27-/m0/s1. The van der Waals surface area contributed by atoms with E-state index < -0.39 is 85.9 Å². The second kappa shape index (κ2) is 18.5. The van der Waals surface area contributed by atoms with Gasteiger partial charge in [0.2, 0.25) is 35.4 Å². The molecule has 0 radical (unpaired) electrons. The zero-order chi connectivity index (χ0) is 37.2. The summed E-state index contributed by atoms with van der Waals surface area (Å²) in [4.78, 5) is 101. The van der Waals surface area contributed by atoms with Gasteiger partial charge in [0.15, 0.2) is 0 Å². The van der Waals surface area contributed by atoms with Crippen LogP contribution < -0.4 is 31.1 Å². The SMILES string of the molecule is CSCC[C@@H]1NC(=O)[C@@H]2CCCN2C(=O)[C@H](C(C)C)NC(=O)[C@@H](Cc2ccc(OP(=O)(O)O)cc2)NC(=O)CNC(=O)[C@@H](CC(C)C)NC1=O. The van der Waals surface area contributed by atoms with Crippen LogP contribution in [0.15, 0.2) is 24.3 Å². The highest BCUT2D eigenvalue weighted by Crippen LogP contribution is 2.37. The van der Waals surface area contributed by atoms with Crippen molar-refractivity contribution in [1.82, 2.24) is 31.5 Å². The van der Waals surface area contributed by atoms with Gasteiger partial charge in [-0.15, -0.1) is 0 Å². The second-order valence-corrected chi connectivity index (χ2v) is 15.4. The molecule has 3 rings (SSSR count). The number of fused-ring (bicyclic) bond motifs is 1. The van der Waals surface area contributed by atoms with Gasteiger partial charge < -0.3 is 36.0 Å². The van der Waals surface area contributed by atoms with E-state index in [1.807, 2.05) is 20.1 Å². The minimum atomic E-state index is -4.80. The van der Waals surface area contributed by atoms with Crippen molar-refractivity contribution in [2.45, 2.75) is 90.0 Å². The predicted molar refractivity (Wildman–Crippen MR) is 186 cm³/mol. The van der Waals surface area contributed by atoms with Crippen molar-refractivity contribution in [2.24, 2.45) is 11.8 Å². The molecule has 5 atom stereocenters. The lowest BCUT2D eigenvalue weighted by Gasteiger charge is -2.32. The molecular weight excluding hydrogens is 691 g/mol. The summed E-state index contributed by atoms with van der Waals surface area (Å²) in [6.07, 6.45) is 3.18. The van der Waals surface area contributed by atoms with Gasteiger partial charge in [-0.3, -0.25) is 38.6 Å². The number of nitrogens with zero attached hydrogens (tertiary/aromatic N) is 1. The molecule has 2 fully saturated rings. The number of phosphoric acid groups is 1. The molecule has 2 heterocycles. The lowest BCUT2D eigenvalue weighted by Crippen LogP contribution is -2.61. The number of benzene rings is 1. The van der Waals surface area contributed by atoms with E-state index in [4.69, 9.17) is 9.79 Å². The van der Waals surface area contributed by atoms with E-state index in [1.54, 1.807) is 13.8 Å². The first kappa shape index (κ1) is 40.8. The molecule has 0 aromatic heterocycles. The molecule has 7 N–H and O–H groups in total. The Morgan fingerprint density at radius 1 is 0.880 bits per heavy atom. The van der Waals surface area contributed by atoms with Crippen LogP contribution in [0.3, 0.4) is 0 Å². The average Bonchev–Trinajstić information content (AvgIpc) is 3.53. The maximum atomic E-state index is 14.0. The summed E-state index contributed by atoms with van der Waals surface area (Å²) in [5.74, 6) is -3.58. The molecule has 1 aromatic rings. The van der Waals surface area contributed by atoms with E-state index in [-0.39, 0.29) is 37.5 Å². The monoisotopic (exact) mass is 740 g/mol. The first-order valence-electron chi connectivity index (χ1n) is 16.6. The molecule has 2 aliphatic rings. The molecule has 1 aromatic carbocycles. The van der Waals surface area contributed by atoms with Gasteiger partial charge in [-0.05, 0) is 67.2 Å². The van der Waals surface area contributed by atoms with Gasteiger partial charge in [0, 0.05) is 13.0 Å². The van der Waals surface area contributed by atoms with Crippen molar-refractivity contribution < 1.29 is 47.6 Å². The molecule has 50 heavy (non-hydrogen) atoms. The Balaban J connectivity index is 1.98. The minimum Gasteiger partial charge on any atom is -0.404 e. The molecule has 18 heteroatoms. The van der Waals surface area contributed by atoms with Gasteiger partial charge in [-0.2, -0.15) is 11.8 Å². The highest BCUT2D eigenvalue weighted by Gasteiger charge is 2.41. The quantitative estimate of drug-likeness (QED) is 0.160. The molecule has 2 aliphatic heterocycles. The van der Waals surface area contributed by atoms with Crippen molar-refractivity contribution in [2.75, 3.05) is 25.1 Å². The van der Waals surface area contributed by atoms with E-state index in [2.05, 4.69) is 31.1 Å². The van der Waals surface area contributed by atoms with Gasteiger partial charge in [-0.1, -0.05) is 39.8 Å². The maximum absolute atomic E-state index is 14.0. The number of amides is 6. The van der Waals surface area contributed by atoms with E-state index >= 15 is 0 Å². The Morgan fingerprint density at radius 2 is 1.52 bits per heavy atom. The Morgan fingerprint density at radius 3 is 2.12 bits per heavy atom. The highest BCUT2D eigenvalue weighted by molar-refractivity contribution is 7.98.